The van der Waals surface area contributed by atoms with Crippen molar-refractivity contribution in [2.24, 2.45) is 0 Å². The largest absolute Gasteiger partial charge is 0.172 e. The highest BCUT2D eigenvalue weighted by Crippen LogP contribution is 2.36. The maximum Gasteiger partial charge on any atom is 0.113 e. The minimum atomic E-state index is 0.956. The summed E-state index contributed by atoms with van der Waals surface area (Å²) in [5, 5.41) is 0. The summed E-state index contributed by atoms with van der Waals surface area (Å²) in [5.41, 5.74) is 12.6. The number of benzene rings is 5. The van der Waals surface area contributed by atoms with Crippen LogP contribution in [0.4, 0.5) is 0 Å². The van der Waals surface area contributed by atoms with Crippen LogP contribution in [0.2, 0.25) is 0 Å². The van der Waals surface area contributed by atoms with Crippen LogP contribution in [0, 0.1) is 6.92 Å². The van der Waals surface area contributed by atoms with Crippen LogP contribution in [0.3, 0.4) is 0 Å². The summed E-state index contributed by atoms with van der Waals surface area (Å²) in [6.07, 6.45) is 0. The third-order valence-electron chi connectivity index (χ3n) is 6.30. The molecule has 1 heterocycles. The van der Waals surface area contributed by atoms with Crippen LogP contribution in [0.1, 0.15) is 5.56 Å². The van der Waals surface area contributed by atoms with E-state index >= 15 is 0 Å². The van der Waals surface area contributed by atoms with Crippen molar-refractivity contribution < 1.29 is 0 Å². The summed E-state index contributed by atoms with van der Waals surface area (Å²) in [6, 6.07) is 40.9. The van der Waals surface area contributed by atoms with Crippen LogP contribution < -0.4 is 0 Å². The van der Waals surface area contributed by atoms with Gasteiger partial charge in [0.05, 0.1) is 11.7 Å². The zero-order valence-corrected chi connectivity index (χ0v) is 19.6. The summed E-state index contributed by atoms with van der Waals surface area (Å²) >= 11 is 1.27. The molecule has 2 nitrogen and oxygen atoms in total. The fourth-order valence-electron chi connectivity index (χ4n) is 4.39. The molecule has 0 aliphatic rings. The van der Waals surface area contributed by atoms with Crippen molar-refractivity contribution in [3.8, 4) is 44.5 Å². The molecule has 0 saturated carbocycles. The van der Waals surface area contributed by atoms with Gasteiger partial charge in [0.15, 0.2) is 0 Å². The lowest BCUT2D eigenvalue weighted by Crippen LogP contribution is -1.87. The van der Waals surface area contributed by atoms with E-state index in [-0.39, 0.29) is 0 Å². The Kier molecular flexibility index (Phi) is 5.25. The quantitative estimate of drug-likeness (QED) is 0.266. The van der Waals surface area contributed by atoms with Crippen molar-refractivity contribution in [1.82, 2.24) is 8.75 Å². The second-order valence-corrected chi connectivity index (χ2v) is 9.04. The van der Waals surface area contributed by atoms with Crippen molar-refractivity contribution >= 4 is 22.8 Å². The molecule has 0 saturated heterocycles. The zero-order valence-electron chi connectivity index (χ0n) is 18.8. The van der Waals surface area contributed by atoms with Crippen molar-refractivity contribution in [2.75, 3.05) is 0 Å². The number of aryl methyl sites for hydroxylation is 1. The Balaban J connectivity index is 1.35. The van der Waals surface area contributed by atoms with Crippen molar-refractivity contribution in [2.45, 2.75) is 6.92 Å². The summed E-state index contributed by atoms with van der Waals surface area (Å²) in [7, 11) is 0. The Labute approximate surface area is 203 Å². The molecule has 0 bridgehead atoms. The number of aromatic nitrogens is 2. The van der Waals surface area contributed by atoms with Gasteiger partial charge in [0.1, 0.15) is 11.0 Å². The Morgan fingerprint density at radius 3 is 1.26 bits per heavy atom. The smallest absolute Gasteiger partial charge is 0.113 e. The molecule has 0 unspecified atom stereocenters. The fourth-order valence-corrected chi connectivity index (χ4v) is 4.97. The average Bonchev–Trinajstić information content (AvgIpc) is 3.40. The molecule has 0 atom stereocenters. The van der Waals surface area contributed by atoms with Gasteiger partial charge in [-0.05, 0) is 40.3 Å². The Morgan fingerprint density at radius 1 is 0.412 bits per heavy atom. The minimum absolute atomic E-state index is 0.956. The van der Waals surface area contributed by atoms with Crippen LogP contribution >= 0.6 is 11.7 Å². The van der Waals surface area contributed by atoms with Gasteiger partial charge in [0.2, 0.25) is 0 Å². The first-order valence-corrected chi connectivity index (χ1v) is 12.1. The summed E-state index contributed by atoms with van der Waals surface area (Å²) < 4.78 is 9.33. The zero-order chi connectivity index (χ0) is 22.9. The van der Waals surface area contributed by atoms with E-state index in [4.69, 9.17) is 0 Å². The molecule has 0 aliphatic carbocycles. The van der Waals surface area contributed by atoms with Gasteiger partial charge >= 0.3 is 0 Å². The summed E-state index contributed by atoms with van der Waals surface area (Å²) in [6.45, 7) is 2.11. The third-order valence-corrected chi connectivity index (χ3v) is 6.83. The molecule has 0 N–H and O–H groups in total. The highest BCUT2D eigenvalue weighted by molar-refractivity contribution is 7.00. The van der Waals surface area contributed by atoms with Crippen LogP contribution in [-0.4, -0.2) is 8.75 Å². The molecular formula is C31H22N2S. The maximum atomic E-state index is 4.67. The van der Waals surface area contributed by atoms with Crippen molar-refractivity contribution in [3.05, 3.63) is 121 Å². The molecule has 0 fully saturated rings. The Bertz CT molecular complexity index is 1560. The standard InChI is InChI=1S/C31H22N2S/c1-21-7-9-23(10-8-21)25-13-17-27(18-14-25)29-20-19-28(30-31(29)33-34-32-30)26-15-11-24(12-16-26)22-5-3-2-4-6-22/h2-20H,1H3. The Hall–Kier alpha value is -4.08. The predicted octanol–water partition coefficient (Wildman–Crippen LogP) is 8.67. The molecule has 3 heteroatoms. The normalized spacial score (nSPS) is 11.1. The lowest BCUT2D eigenvalue weighted by molar-refractivity contribution is 1.47. The molecule has 0 radical (unpaired) electrons. The van der Waals surface area contributed by atoms with Gasteiger partial charge in [-0.2, -0.15) is 8.75 Å². The van der Waals surface area contributed by atoms with Gasteiger partial charge < -0.3 is 0 Å². The summed E-state index contributed by atoms with van der Waals surface area (Å²) in [4.78, 5) is 0. The van der Waals surface area contributed by atoms with E-state index in [1.54, 1.807) is 0 Å². The average molecular weight is 455 g/mol. The van der Waals surface area contributed by atoms with E-state index in [1.807, 2.05) is 6.07 Å². The lowest BCUT2D eigenvalue weighted by Gasteiger charge is -2.09. The van der Waals surface area contributed by atoms with E-state index in [1.165, 1.54) is 39.5 Å². The van der Waals surface area contributed by atoms with Crippen LogP contribution in [-0.2, 0) is 0 Å². The van der Waals surface area contributed by atoms with E-state index < -0.39 is 0 Å². The number of rotatable bonds is 4. The molecule has 5 aromatic carbocycles. The predicted molar refractivity (Wildman–Crippen MR) is 144 cm³/mol. The minimum Gasteiger partial charge on any atom is -0.172 e. The number of nitrogens with zero attached hydrogens (tertiary/aromatic N) is 2. The van der Waals surface area contributed by atoms with Crippen LogP contribution in [0.15, 0.2) is 115 Å². The highest BCUT2D eigenvalue weighted by atomic mass is 32.1. The molecule has 6 rings (SSSR count). The Morgan fingerprint density at radius 2 is 0.794 bits per heavy atom. The van der Waals surface area contributed by atoms with Gasteiger partial charge in [0.25, 0.3) is 0 Å². The van der Waals surface area contributed by atoms with Gasteiger partial charge in [-0.25, -0.2) is 0 Å². The van der Waals surface area contributed by atoms with Gasteiger partial charge in [-0.15, -0.1) is 0 Å². The molecular weight excluding hydrogens is 432 g/mol. The molecule has 1 aromatic heterocycles. The van der Waals surface area contributed by atoms with Gasteiger partial charge in [-0.3, -0.25) is 0 Å². The molecule has 162 valence electrons. The van der Waals surface area contributed by atoms with Crippen molar-refractivity contribution in [3.63, 3.8) is 0 Å². The van der Waals surface area contributed by atoms with E-state index in [0.29, 0.717) is 0 Å². The van der Waals surface area contributed by atoms with Gasteiger partial charge in [0, 0.05) is 11.1 Å². The fraction of sp³-hybridized carbons (Fsp3) is 0.0323. The van der Waals surface area contributed by atoms with Crippen LogP contribution in [0.25, 0.3) is 55.5 Å². The monoisotopic (exact) mass is 454 g/mol. The molecule has 6 aromatic rings. The SMILES string of the molecule is Cc1ccc(-c2ccc(-c3ccc(-c4ccc(-c5ccccc5)cc4)c4nsnc34)cc2)cc1. The second-order valence-electron chi connectivity index (χ2n) is 8.51. The highest BCUT2D eigenvalue weighted by Gasteiger charge is 2.14. The van der Waals surface area contributed by atoms with E-state index in [2.05, 4.69) is 125 Å². The lowest BCUT2D eigenvalue weighted by atomic mass is 9.95. The first-order chi connectivity index (χ1) is 16.8. The third kappa shape index (κ3) is 3.81. The molecule has 0 aliphatic heterocycles. The first kappa shape index (κ1) is 20.5. The van der Waals surface area contributed by atoms with E-state index in [0.717, 1.165) is 33.3 Å². The molecule has 34 heavy (non-hydrogen) atoms. The summed E-state index contributed by atoms with van der Waals surface area (Å²) in [5.74, 6) is 0. The maximum absolute atomic E-state index is 4.67. The van der Waals surface area contributed by atoms with Crippen LogP contribution in [0.5, 0.6) is 0 Å². The number of hydrogen-bond acceptors (Lipinski definition) is 3. The topological polar surface area (TPSA) is 25.8 Å². The number of hydrogen-bond donors (Lipinski definition) is 0. The van der Waals surface area contributed by atoms with Crippen molar-refractivity contribution in [1.29, 1.82) is 0 Å². The van der Waals surface area contributed by atoms with E-state index in [9.17, 15) is 0 Å². The first-order valence-electron chi connectivity index (χ1n) is 11.3. The molecule has 0 spiro atoms. The molecule has 0 amide bonds. The number of fused-ring (bicyclic) bond motifs is 1. The van der Waals surface area contributed by atoms with Gasteiger partial charge in [-0.1, -0.05) is 121 Å². The second kappa shape index (κ2) is 8.69.